The molecule has 0 N–H and O–H groups in total. The third kappa shape index (κ3) is 4.38. The molecule has 0 aliphatic carbocycles. The molecule has 1 aromatic heterocycles. The monoisotopic (exact) mass is 438 g/mol. The number of sulfone groups is 1. The maximum Gasteiger partial charge on any atom is 0.330 e. The van der Waals surface area contributed by atoms with Crippen LogP contribution in [0.5, 0.6) is 0 Å². The lowest BCUT2D eigenvalue weighted by molar-refractivity contribution is -0.134. The number of hydrogen-bond acceptors (Lipinski definition) is 5. The number of rotatable bonds is 5. The number of hydrogen-bond donors (Lipinski definition) is 0. The molecule has 0 radical (unpaired) electrons. The fourth-order valence-corrected chi connectivity index (χ4v) is 3.79. The van der Waals surface area contributed by atoms with Crippen LogP contribution in [-0.2, 0) is 25.9 Å². The van der Waals surface area contributed by atoms with Crippen molar-refractivity contribution >= 4 is 56.0 Å². The van der Waals surface area contributed by atoms with E-state index in [0.717, 1.165) is 11.8 Å². The average Bonchev–Trinajstić information content (AvgIpc) is 2.98. The molecule has 1 heterocycles. The molecule has 2 aromatic carbocycles. The smallest absolute Gasteiger partial charge is 0.330 e. The topological polar surface area (TPSA) is 78.3 Å². The van der Waals surface area contributed by atoms with Crippen molar-refractivity contribution in [1.29, 1.82) is 0 Å². The lowest BCUT2D eigenvalue weighted by Crippen LogP contribution is -2.03. The average molecular weight is 439 g/mol. The van der Waals surface area contributed by atoms with Crippen LogP contribution in [0, 0.1) is 0 Å². The molecule has 0 spiro atoms. The van der Waals surface area contributed by atoms with Crippen LogP contribution in [0.4, 0.5) is 0 Å². The van der Waals surface area contributed by atoms with Gasteiger partial charge in [0.2, 0.25) is 0 Å². The van der Waals surface area contributed by atoms with Crippen molar-refractivity contribution in [2.75, 3.05) is 13.4 Å². The van der Waals surface area contributed by atoms with Crippen LogP contribution >= 0.6 is 23.2 Å². The van der Waals surface area contributed by atoms with Crippen molar-refractivity contribution in [3.63, 3.8) is 0 Å². The molecule has 0 fully saturated rings. The number of methoxy groups -OCH3 is 1. The standard InChI is InChI=1S/C19H16Cl2N2O4S/c1-27-19(24)8-7-17-15-6-5-14(28(2,25)26)10-18(15)23(22-17)11-12-3-4-13(20)9-16(12)21/h3-10H,11H2,1-2H3. The molecule has 0 amide bonds. The van der Waals surface area contributed by atoms with Crippen molar-refractivity contribution in [3.05, 3.63) is 63.8 Å². The number of carbonyl (C=O) groups is 1. The Kier molecular flexibility index (Phi) is 5.79. The van der Waals surface area contributed by atoms with Gasteiger partial charge in [0.25, 0.3) is 0 Å². The molecule has 0 aliphatic heterocycles. The molecule has 0 bridgehead atoms. The third-order valence-corrected chi connectivity index (χ3v) is 5.79. The Morgan fingerprint density at radius 3 is 2.61 bits per heavy atom. The maximum atomic E-state index is 12.0. The van der Waals surface area contributed by atoms with Gasteiger partial charge in [0, 0.05) is 27.8 Å². The second-order valence-electron chi connectivity index (χ2n) is 6.09. The van der Waals surface area contributed by atoms with Gasteiger partial charge in [-0.2, -0.15) is 5.10 Å². The van der Waals surface area contributed by atoms with Gasteiger partial charge in [-0.05, 0) is 42.0 Å². The molecule has 0 atom stereocenters. The molecular formula is C19H16Cl2N2O4S. The number of nitrogens with zero attached hydrogens (tertiary/aromatic N) is 2. The number of benzene rings is 2. The summed E-state index contributed by atoms with van der Waals surface area (Å²) in [5.74, 6) is -0.517. The van der Waals surface area contributed by atoms with Crippen LogP contribution in [0.3, 0.4) is 0 Å². The lowest BCUT2D eigenvalue weighted by atomic mass is 10.2. The molecule has 9 heteroatoms. The van der Waals surface area contributed by atoms with E-state index in [-0.39, 0.29) is 4.90 Å². The van der Waals surface area contributed by atoms with E-state index in [9.17, 15) is 13.2 Å². The zero-order valence-corrected chi connectivity index (χ0v) is 17.3. The van der Waals surface area contributed by atoms with Gasteiger partial charge < -0.3 is 4.74 Å². The molecule has 0 unspecified atom stereocenters. The van der Waals surface area contributed by atoms with Crippen LogP contribution in [0.15, 0.2) is 47.4 Å². The van der Waals surface area contributed by atoms with Crippen molar-refractivity contribution in [2.24, 2.45) is 0 Å². The van der Waals surface area contributed by atoms with Crippen molar-refractivity contribution in [3.8, 4) is 0 Å². The van der Waals surface area contributed by atoms with E-state index >= 15 is 0 Å². The summed E-state index contributed by atoms with van der Waals surface area (Å²) in [7, 11) is -2.11. The van der Waals surface area contributed by atoms with E-state index in [1.807, 2.05) is 0 Å². The van der Waals surface area contributed by atoms with Crippen LogP contribution in [0.2, 0.25) is 10.0 Å². The van der Waals surface area contributed by atoms with Gasteiger partial charge in [-0.15, -0.1) is 0 Å². The van der Waals surface area contributed by atoms with Crippen molar-refractivity contribution < 1.29 is 17.9 Å². The highest BCUT2D eigenvalue weighted by molar-refractivity contribution is 7.90. The van der Waals surface area contributed by atoms with E-state index in [1.165, 1.54) is 25.3 Å². The quantitative estimate of drug-likeness (QED) is 0.444. The highest BCUT2D eigenvalue weighted by atomic mass is 35.5. The Balaban J connectivity index is 2.15. The van der Waals surface area contributed by atoms with E-state index in [4.69, 9.17) is 23.2 Å². The Bertz CT molecular complexity index is 1200. The summed E-state index contributed by atoms with van der Waals surface area (Å²) in [6, 6.07) is 9.85. The first-order valence-electron chi connectivity index (χ1n) is 8.09. The van der Waals surface area contributed by atoms with E-state index < -0.39 is 15.8 Å². The highest BCUT2D eigenvalue weighted by Gasteiger charge is 2.15. The van der Waals surface area contributed by atoms with Gasteiger partial charge in [-0.1, -0.05) is 29.3 Å². The van der Waals surface area contributed by atoms with Crippen molar-refractivity contribution in [2.45, 2.75) is 11.4 Å². The van der Waals surface area contributed by atoms with Crippen LogP contribution in [0.1, 0.15) is 11.3 Å². The van der Waals surface area contributed by atoms with E-state index in [1.54, 1.807) is 35.0 Å². The predicted molar refractivity (Wildman–Crippen MR) is 109 cm³/mol. The van der Waals surface area contributed by atoms with Gasteiger partial charge in [0.15, 0.2) is 9.84 Å². The predicted octanol–water partition coefficient (Wildman–Crippen LogP) is 3.98. The highest BCUT2D eigenvalue weighted by Crippen LogP contribution is 2.27. The van der Waals surface area contributed by atoms with Gasteiger partial charge in [-0.25, -0.2) is 13.2 Å². The maximum absolute atomic E-state index is 12.0. The fraction of sp³-hybridized carbons (Fsp3) is 0.158. The largest absolute Gasteiger partial charge is 0.466 e. The number of ether oxygens (including phenoxy) is 1. The summed E-state index contributed by atoms with van der Waals surface area (Å²) in [6.45, 7) is 0.297. The lowest BCUT2D eigenvalue weighted by Gasteiger charge is -2.07. The second kappa shape index (κ2) is 7.95. The van der Waals surface area contributed by atoms with Gasteiger partial charge >= 0.3 is 5.97 Å². The number of aromatic nitrogens is 2. The van der Waals surface area contributed by atoms with Crippen molar-refractivity contribution in [1.82, 2.24) is 9.78 Å². The van der Waals surface area contributed by atoms with Gasteiger partial charge in [0.1, 0.15) is 0 Å². The fourth-order valence-electron chi connectivity index (χ4n) is 2.68. The van der Waals surface area contributed by atoms with E-state index in [2.05, 4.69) is 9.84 Å². The van der Waals surface area contributed by atoms with Gasteiger partial charge in [-0.3, -0.25) is 4.68 Å². The summed E-state index contributed by atoms with van der Waals surface area (Å²) < 4.78 is 30.2. The zero-order chi connectivity index (χ0) is 20.5. The first kappa shape index (κ1) is 20.4. The van der Waals surface area contributed by atoms with E-state index in [0.29, 0.717) is 33.2 Å². The third-order valence-electron chi connectivity index (χ3n) is 4.09. The summed E-state index contributed by atoms with van der Waals surface area (Å²) in [6.07, 6.45) is 3.92. The molecule has 3 rings (SSSR count). The first-order valence-corrected chi connectivity index (χ1v) is 10.7. The number of fused-ring (bicyclic) bond motifs is 1. The number of esters is 1. The minimum Gasteiger partial charge on any atom is -0.466 e. The molecular weight excluding hydrogens is 423 g/mol. The zero-order valence-electron chi connectivity index (χ0n) is 15.0. The molecule has 146 valence electrons. The Labute approximate surface area is 172 Å². The second-order valence-corrected chi connectivity index (χ2v) is 8.95. The minimum absolute atomic E-state index is 0.173. The summed E-state index contributed by atoms with van der Waals surface area (Å²) in [4.78, 5) is 11.6. The number of halogens is 2. The molecule has 28 heavy (non-hydrogen) atoms. The Morgan fingerprint density at radius 1 is 1.21 bits per heavy atom. The first-order chi connectivity index (χ1) is 13.2. The molecule has 6 nitrogen and oxygen atoms in total. The minimum atomic E-state index is -3.39. The van der Waals surface area contributed by atoms with Crippen LogP contribution in [-0.4, -0.2) is 37.5 Å². The van der Waals surface area contributed by atoms with Crippen LogP contribution < -0.4 is 0 Å². The number of carbonyl (C=O) groups excluding carboxylic acids is 1. The molecule has 0 aliphatic rings. The summed E-state index contributed by atoms with van der Waals surface area (Å²) in [5, 5.41) is 6.19. The molecule has 0 saturated heterocycles. The Hall–Kier alpha value is -2.35. The summed E-state index contributed by atoms with van der Waals surface area (Å²) in [5.41, 5.74) is 1.87. The molecule has 3 aromatic rings. The van der Waals surface area contributed by atoms with Crippen LogP contribution in [0.25, 0.3) is 17.0 Å². The normalized spacial score (nSPS) is 12.0. The van der Waals surface area contributed by atoms with Gasteiger partial charge in [0.05, 0.1) is 29.8 Å². The Morgan fingerprint density at radius 2 is 1.96 bits per heavy atom. The SMILES string of the molecule is COC(=O)C=Cc1nn(Cc2ccc(Cl)cc2Cl)c2cc(S(C)(=O)=O)ccc12. The summed E-state index contributed by atoms with van der Waals surface area (Å²) >= 11 is 12.2. The molecule has 0 saturated carbocycles.